The molecule has 0 amide bonds. The van der Waals surface area contributed by atoms with Gasteiger partial charge in [0.15, 0.2) is 8.32 Å². The SMILES string of the molecule is CCOC(=O)C1(CO[Si](C)(C)C(C)(C)C)CCN(CN)C1. The topological polar surface area (TPSA) is 64.8 Å². The second-order valence-corrected chi connectivity index (χ2v) is 12.3. The van der Waals surface area contributed by atoms with Crippen molar-refractivity contribution in [3.63, 3.8) is 0 Å². The van der Waals surface area contributed by atoms with Gasteiger partial charge in [0.2, 0.25) is 0 Å². The third-order valence-electron chi connectivity index (χ3n) is 4.91. The zero-order valence-electron chi connectivity index (χ0n) is 14.5. The van der Waals surface area contributed by atoms with E-state index in [2.05, 4.69) is 38.8 Å². The van der Waals surface area contributed by atoms with Crippen LogP contribution < -0.4 is 5.73 Å². The van der Waals surface area contributed by atoms with Crippen LogP contribution in [0.15, 0.2) is 0 Å². The Hall–Kier alpha value is -0.433. The molecule has 0 radical (unpaired) electrons. The van der Waals surface area contributed by atoms with E-state index in [0.717, 1.165) is 13.0 Å². The van der Waals surface area contributed by atoms with Crippen LogP contribution >= 0.6 is 0 Å². The largest absolute Gasteiger partial charge is 0.465 e. The first-order valence-electron chi connectivity index (χ1n) is 7.81. The molecular weight excluding hydrogens is 284 g/mol. The van der Waals surface area contributed by atoms with Gasteiger partial charge in [0.25, 0.3) is 0 Å². The lowest BCUT2D eigenvalue weighted by Gasteiger charge is -2.39. The van der Waals surface area contributed by atoms with E-state index in [0.29, 0.717) is 26.4 Å². The standard InChI is InChI=1S/C15H32N2O3Si/c1-7-19-13(18)15(8-9-17(10-15)12-16)11-20-21(5,6)14(2,3)4/h7-12,16H2,1-6H3. The van der Waals surface area contributed by atoms with Crippen molar-refractivity contribution in [3.05, 3.63) is 0 Å². The van der Waals surface area contributed by atoms with Crippen molar-refractivity contribution in [2.75, 3.05) is 33.0 Å². The minimum Gasteiger partial charge on any atom is -0.465 e. The van der Waals surface area contributed by atoms with Gasteiger partial charge in [-0.05, 0) is 31.5 Å². The zero-order chi connectivity index (χ0) is 16.3. The first-order valence-corrected chi connectivity index (χ1v) is 10.7. The van der Waals surface area contributed by atoms with Crippen LogP contribution in [-0.2, 0) is 14.0 Å². The van der Waals surface area contributed by atoms with Crippen LogP contribution in [0.2, 0.25) is 18.1 Å². The van der Waals surface area contributed by atoms with Crippen molar-refractivity contribution >= 4 is 14.3 Å². The van der Waals surface area contributed by atoms with Gasteiger partial charge in [0.05, 0.1) is 13.2 Å². The molecule has 5 nitrogen and oxygen atoms in total. The molecule has 0 aromatic heterocycles. The van der Waals surface area contributed by atoms with E-state index in [1.165, 1.54) is 0 Å². The van der Waals surface area contributed by atoms with Gasteiger partial charge in [-0.25, -0.2) is 0 Å². The highest BCUT2D eigenvalue weighted by atomic mass is 28.4. The van der Waals surface area contributed by atoms with E-state index >= 15 is 0 Å². The molecule has 1 aliphatic rings. The van der Waals surface area contributed by atoms with E-state index in [9.17, 15) is 4.79 Å². The summed E-state index contributed by atoms with van der Waals surface area (Å²) >= 11 is 0. The van der Waals surface area contributed by atoms with E-state index in [1.54, 1.807) is 0 Å². The van der Waals surface area contributed by atoms with Crippen molar-refractivity contribution < 1.29 is 14.0 Å². The van der Waals surface area contributed by atoms with Crippen molar-refractivity contribution in [2.45, 2.75) is 52.2 Å². The molecule has 1 saturated heterocycles. The number of nitrogens with two attached hydrogens (primary N) is 1. The van der Waals surface area contributed by atoms with E-state index in [1.807, 2.05) is 6.92 Å². The lowest BCUT2D eigenvalue weighted by Crippen LogP contribution is -2.48. The molecule has 124 valence electrons. The fourth-order valence-corrected chi connectivity index (χ4v) is 3.35. The third-order valence-corrected chi connectivity index (χ3v) is 9.39. The number of hydrogen-bond acceptors (Lipinski definition) is 5. The first-order chi connectivity index (χ1) is 9.58. The Morgan fingerprint density at radius 1 is 1.38 bits per heavy atom. The number of ether oxygens (including phenoxy) is 1. The van der Waals surface area contributed by atoms with Gasteiger partial charge in [0.1, 0.15) is 5.41 Å². The maximum Gasteiger partial charge on any atom is 0.315 e. The summed E-state index contributed by atoms with van der Waals surface area (Å²) in [5.74, 6) is -0.139. The van der Waals surface area contributed by atoms with Gasteiger partial charge in [-0.15, -0.1) is 0 Å². The van der Waals surface area contributed by atoms with Crippen molar-refractivity contribution in [1.29, 1.82) is 0 Å². The fraction of sp³-hybridized carbons (Fsp3) is 0.933. The molecular formula is C15H32N2O3Si. The van der Waals surface area contributed by atoms with E-state index < -0.39 is 13.7 Å². The molecule has 1 unspecified atom stereocenters. The van der Waals surface area contributed by atoms with Gasteiger partial charge in [-0.3, -0.25) is 9.69 Å². The van der Waals surface area contributed by atoms with Gasteiger partial charge in [-0.2, -0.15) is 0 Å². The zero-order valence-corrected chi connectivity index (χ0v) is 15.5. The van der Waals surface area contributed by atoms with Crippen LogP contribution in [-0.4, -0.2) is 52.2 Å². The fourth-order valence-electron chi connectivity index (χ4n) is 2.28. The Bertz CT molecular complexity index is 368. The summed E-state index contributed by atoms with van der Waals surface area (Å²) in [6.45, 7) is 15.7. The smallest absolute Gasteiger partial charge is 0.315 e. The molecule has 0 aromatic rings. The molecule has 1 rings (SSSR count). The molecule has 0 aromatic carbocycles. The molecule has 0 aliphatic carbocycles. The number of esters is 1. The Labute approximate surface area is 130 Å². The van der Waals surface area contributed by atoms with E-state index in [-0.39, 0.29) is 11.0 Å². The molecule has 1 atom stereocenters. The maximum absolute atomic E-state index is 12.4. The van der Waals surface area contributed by atoms with Gasteiger partial charge in [-0.1, -0.05) is 20.8 Å². The van der Waals surface area contributed by atoms with Crippen LogP contribution in [0.25, 0.3) is 0 Å². The predicted octanol–water partition coefficient (Wildman–Crippen LogP) is 2.18. The Balaban J connectivity index is 2.83. The number of carbonyl (C=O) groups excluding carboxylic acids is 1. The van der Waals surface area contributed by atoms with Crippen LogP contribution in [0.4, 0.5) is 0 Å². The molecule has 1 aliphatic heterocycles. The molecule has 1 fully saturated rings. The highest BCUT2D eigenvalue weighted by molar-refractivity contribution is 6.74. The van der Waals surface area contributed by atoms with Crippen molar-refractivity contribution in [2.24, 2.45) is 11.1 Å². The predicted molar refractivity (Wildman–Crippen MR) is 87.5 cm³/mol. The second-order valence-electron chi connectivity index (χ2n) is 7.53. The molecule has 0 bridgehead atoms. The maximum atomic E-state index is 12.4. The number of nitrogens with zero attached hydrogens (tertiary/aromatic N) is 1. The summed E-state index contributed by atoms with van der Waals surface area (Å²) < 4.78 is 11.6. The summed E-state index contributed by atoms with van der Waals surface area (Å²) in [4.78, 5) is 14.5. The van der Waals surface area contributed by atoms with Crippen LogP contribution in [0, 0.1) is 5.41 Å². The average Bonchev–Trinajstić information content (AvgIpc) is 2.80. The number of likely N-dealkylation sites (tertiary alicyclic amines) is 1. The number of rotatable bonds is 6. The lowest BCUT2D eigenvalue weighted by molar-refractivity contribution is -0.156. The third kappa shape index (κ3) is 4.28. The molecule has 2 N–H and O–H groups in total. The van der Waals surface area contributed by atoms with Crippen molar-refractivity contribution in [1.82, 2.24) is 4.90 Å². The van der Waals surface area contributed by atoms with Gasteiger partial charge >= 0.3 is 5.97 Å². The van der Waals surface area contributed by atoms with Crippen LogP contribution in [0.1, 0.15) is 34.1 Å². The van der Waals surface area contributed by atoms with Crippen LogP contribution in [0.3, 0.4) is 0 Å². The Kier molecular flexibility index (Phi) is 6.00. The molecule has 1 heterocycles. The molecule has 0 saturated carbocycles. The lowest BCUT2D eigenvalue weighted by atomic mass is 9.88. The first kappa shape index (κ1) is 18.6. The summed E-state index contributed by atoms with van der Waals surface area (Å²) in [6.07, 6.45) is 0.762. The summed E-state index contributed by atoms with van der Waals surface area (Å²) in [5.41, 5.74) is 5.17. The highest BCUT2D eigenvalue weighted by Gasteiger charge is 2.48. The molecule has 21 heavy (non-hydrogen) atoms. The Morgan fingerprint density at radius 3 is 2.43 bits per heavy atom. The number of hydrogen-bond donors (Lipinski definition) is 1. The molecule has 6 heteroatoms. The van der Waals surface area contributed by atoms with Crippen molar-refractivity contribution in [3.8, 4) is 0 Å². The highest BCUT2D eigenvalue weighted by Crippen LogP contribution is 2.39. The Morgan fingerprint density at radius 2 is 2.00 bits per heavy atom. The normalized spacial score (nSPS) is 24.3. The second kappa shape index (κ2) is 6.77. The summed E-state index contributed by atoms with van der Waals surface area (Å²) in [5, 5.41) is 0.134. The monoisotopic (exact) mass is 316 g/mol. The minimum atomic E-state index is -1.88. The quantitative estimate of drug-likeness (QED) is 0.601. The average molecular weight is 317 g/mol. The summed E-state index contributed by atoms with van der Waals surface area (Å²) in [6, 6.07) is 0. The summed E-state index contributed by atoms with van der Waals surface area (Å²) in [7, 11) is -1.88. The minimum absolute atomic E-state index is 0.134. The molecule has 0 spiro atoms. The van der Waals surface area contributed by atoms with Gasteiger partial charge in [0, 0.05) is 19.8 Å². The van der Waals surface area contributed by atoms with E-state index in [4.69, 9.17) is 14.9 Å². The number of carbonyl (C=O) groups is 1. The van der Waals surface area contributed by atoms with Gasteiger partial charge < -0.3 is 14.9 Å². The van der Waals surface area contributed by atoms with Crippen LogP contribution in [0.5, 0.6) is 0 Å².